The van der Waals surface area contributed by atoms with E-state index in [0.717, 1.165) is 5.56 Å². The van der Waals surface area contributed by atoms with Gasteiger partial charge in [-0.25, -0.2) is 22.5 Å². The van der Waals surface area contributed by atoms with E-state index >= 15 is 0 Å². The van der Waals surface area contributed by atoms with Gasteiger partial charge in [0, 0.05) is 31.6 Å². The number of halogens is 4. The summed E-state index contributed by atoms with van der Waals surface area (Å²) in [7, 11) is 0. The molecule has 0 spiro atoms. The van der Waals surface area contributed by atoms with Gasteiger partial charge in [0.25, 0.3) is 11.8 Å². The minimum atomic E-state index is -2.82. The molecule has 1 aromatic heterocycles. The molecular formula is C22H25F4N5O. The van der Waals surface area contributed by atoms with E-state index in [4.69, 9.17) is 0 Å². The lowest BCUT2D eigenvalue weighted by molar-refractivity contribution is -0.0272. The number of amides is 1. The Bertz CT molecular complexity index is 1020. The van der Waals surface area contributed by atoms with E-state index in [0.29, 0.717) is 11.4 Å². The maximum absolute atomic E-state index is 13.9. The molecule has 32 heavy (non-hydrogen) atoms. The van der Waals surface area contributed by atoms with Crippen LogP contribution in [0.25, 0.3) is 0 Å². The molecule has 2 fully saturated rings. The molecule has 0 bridgehead atoms. The van der Waals surface area contributed by atoms with E-state index in [1.54, 1.807) is 30.0 Å². The van der Waals surface area contributed by atoms with Crippen LogP contribution in [-0.2, 0) is 0 Å². The van der Waals surface area contributed by atoms with Gasteiger partial charge in [0.2, 0.25) is 11.9 Å². The Labute approximate surface area is 183 Å². The molecule has 172 valence electrons. The summed E-state index contributed by atoms with van der Waals surface area (Å²) in [5.41, 5.74) is 2.00. The van der Waals surface area contributed by atoms with E-state index in [9.17, 15) is 22.4 Å². The van der Waals surface area contributed by atoms with Crippen molar-refractivity contribution in [1.82, 2.24) is 9.97 Å². The van der Waals surface area contributed by atoms with E-state index in [1.165, 1.54) is 4.90 Å². The van der Waals surface area contributed by atoms with Crippen LogP contribution in [0, 0.1) is 13.8 Å². The number of carbonyl (C=O) groups excluding carboxylic acids is 1. The maximum atomic E-state index is 13.9. The lowest BCUT2D eigenvalue weighted by Crippen LogP contribution is -2.57. The third-order valence-corrected chi connectivity index (χ3v) is 5.71. The standard InChI is InChI=1S/C22H25F4N5O/c1-14-5-3-6-16(11-14)28-19(32)17-15(2)27-20(31-12-22(25,26)13-31)29-18(17)30-9-4-7-21(23,24)8-10-30/h3,5-6,11H,4,7-10,12-13H2,1-2H3,(H,28,32). The fourth-order valence-electron chi connectivity index (χ4n) is 4.03. The van der Waals surface area contributed by atoms with Gasteiger partial charge in [-0.05, 0) is 38.0 Å². The topological polar surface area (TPSA) is 61.4 Å². The van der Waals surface area contributed by atoms with Crippen molar-refractivity contribution in [1.29, 1.82) is 0 Å². The van der Waals surface area contributed by atoms with Crippen LogP contribution >= 0.6 is 0 Å². The summed E-state index contributed by atoms with van der Waals surface area (Å²) >= 11 is 0. The van der Waals surface area contributed by atoms with Crippen LogP contribution < -0.4 is 15.1 Å². The molecule has 2 aromatic rings. The summed E-state index contributed by atoms with van der Waals surface area (Å²) in [5, 5.41) is 2.81. The van der Waals surface area contributed by atoms with Gasteiger partial charge in [0.05, 0.1) is 18.8 Å². The maximum Gasteiger partial charge on any atom is 0.282 e. The second-order valence-corrected chi connectivity index (χ2v) is 8.54. The van der Waals surface area contributed by atoms with Crippen LogP contribution in [0.1, 0.15) is 40.9 Å². The number of aromatic nitrogens is 2. The van der Waals surface area contributed by atoms with Gasteiger partial charge in [0.15, 0.2) is 0 Å². The molecule has 0 aliphatic carbocycles. The van der Waals surface area contributed by atoms with Crippen LogP contribution in [0.5, 0.6) is 0 Å². The van der Waals surface area contributed by atoms with Gasteiger partial charge in [-0.3, -0.25) is 4.79 Å². The highest BCUT2D eigenvalue weighted by Crippen LogP contribution is 2.35. The predicted octanol–water partition coefficient (Wildman–Crippen LogP) is 4.43. The van der Waals surface area contributed by atoms with Crippen LogP contribution in [0.15, 0.2) is 24.3 Å². The van der Waals surface area contributed by atoms with Crippen LogP contribution in [0.3, 0.4) is 0 Å². The van der Waals surface area contributed by atoms with Gasteiger partial charge in [0.1, 0.15) is 11.4 Å². The van der Waals surface area contributed by atoms with Crippen molar-refractivity contribution >= 4 is 23.4 Å². The highest BCUT2D eigenvalue weighted by Gasteiger charge is 2.45. The fourth-order valence-corrected chi connectivity index (χ4v) is 4.03. The number of hydrogen-bond donors (Lipinski definition) is 1. The first kappa shape index (κ1) is 22.3. The molecule has 0 atom stereocenters. The minimum Gasteiger partial charge on any atom is -0.356 e. The number of hydrogen-bond acceptors (Lipinski definition) is 5. The number of nitrogens with zero attached hydrogens (tertiary/aromatic N) is 4. The smallest absolute Gasteiger partial charge is 0.282 e. The number of benzene rings is 1. The van der Waals surface area contributed by atoms with Gasteiger partial charge < -0.3 is 15.1 Å². The second-order valence-electron chi connectivity index (χ2n) is 8.54. The van der Waals surface area contributed by atoms with Crippen LogP contribution in [-0.4, -0.2) is 53.9 Å². The van der Waals surface area contributed by atoms with Crippen molar-refractivity contribution in [2.75, 3.05) is 41.3 Å². The van der Waals surface area contributed by atoms with E-state index in [1.807, 2.05) is 13.0 Å². The number of aryl methyl sites for hydroxylation is 2. The molecule has 6 nitrogen and oxygen atoms in total. The Morgan fingerprint density at radius 2 is 1.75 bits per heavy atom. The Balaban J connectivity index is 1.70. The Morgan fingerprint density at radius 1 is 1.00 bits per heavy atom. The van der Waals surface area contributed by atoms with Gasteiger partial charge >= 0.3 is 0 Å². The second kappa shape index (κ2) is 8.22. The Kier molecular flexibility index (Phi) is 5.72. The molecule has 2 aliphatic heterocycles. The number of carbonyl (C=O) groups is 1. The molecular weight excluding hydrogens is 426 g/mol. The minimum absolute atomic E-state index is 0.00375. The van der Waals surface area contributed by atoms with Gasteiger partial charge in [-0.2, -0.15) is 4.98 Å². The summed E-state index contributed by atoms with van der Waals surface area (Å²) in [6.45, 7) is 2.75. The molecule has 0 radical (unpaired) electrons. The average Bonchev–Trinajstić information content (AvgIpc) is 2.85. The normalized spacial score (nSPS) is 19.8. The SMILES string of the molecule is Cc1cccc(NC(=O)c2c(C)nc(N3CC(F)(F)C3)nc2N2CCCC(F)(F)CC2)c1. The Hall–Kier alpha value is -2.91. The number of alkyl halides is 4. The molecule has 1 N–H and O–H groups in total. The third kappa shape index (κ3) is 4.78. The summed E-state index contributed by atoms with van der Waals surface area (Å²) in [4.78, 5) is 24.9. The van der Waals surface area contributed by atoms with Crippen LogP contribution in [0.4, 0.5) is 35.0 Å². The zero-order valence-corrected chi connectivity index (χ0v) is 18.0. The van der Waals surface area contributed by atoms with E-state index < -0.39 is 30.8 Å². The van der Waals surface area contributed by atoms with Crippen molar-refractivity contribution in [3.8, 4) is 0 Å². The van der Waals surface area contributed by atoms with E-state index in [2.05, 4.69) is 15.3 Å². The lowest BCUT2D eigenvalue weighted by Gasteiger charge is -2.39. The molecule has 3 heterocycles. The predicted molar refractivity (Wildman–Crippen MR) is 114 cm³/mol. The highest BCUT2D eigenvalue weighted by atomic mass is 19.3. The summed E-state index contributed by atoms with van der Waals surface area (Å²) in [6, 6.07) is 7.24. The zero-order valence-electron chi connectivity index (χ0n) is 18.0. The number of anilines is 3. The first-order valence-corrected chi connectivity index (χ1v) is 10.6. The monoisotopic (exact) mass is 451 g/mol. The van der Waals surface area contributed by atoms with Crippen molar-refractivity contribution in [2.24, 2.45) is 0 Å². The van der Waals surface area contributed by atoms with Crippen LogP contribution in [0.2, 0.25) is 0 Å². The zero-order chi connectivity index (χ0) is 23.1. The molecule has 1 aromatic carbocycles. The number of nitrogens with one attached hydrogen (secondary N) is 1. The molecule has 2 aliphatic rings. The first-order chi connectivity index (χ1) is 15.0. The van der Waals surface area contributed by atoms with Crippen molar-refractivity contribution in [3.63, 3.8) is 0 Å². The molecule has 2 saturated heterocycles. The molecule has 0 unspecified atom stereocenters. The molecule has 10 heteroatoms. The number of rotatable bonds is 4. The quantitative estimate of drug-likeness (QED) is 0.697. The summed E-state index contributed by atoms with van der Waals surface area (Å²) < 4.78 is 54.7. The third-order valence-electron chi connectivity index (χ3n) is 5.71. The summed E-state index contributed by atoms with van der Waals surface area (Å²) in [5.74, 6) is -5.80. The average molecular weight is 451 g/mol. The summed E-state index contributed by atoms with van der Waals surface area (Å²) in [6.07, 6.45) is -0.387. The molecule has 0 saturated carbocycles. The van der Waals surface area contributed by atoms with E-state index in [-0.39, 0.29) is 49.7 Å². The largest absolute Gasteiger partial charge is 0.356 e. The van der Waals surface area contributed by atoms with Crippen molar-refractivity contribution in [3.05, 3.63) is 41.1 Å². The molecule has 4 rings (SSSR count). The van der Waals surface area contributed by atoms with Gasteiger partial charge in [-0.15, -0.1) is 0 Å². The van der Waals surface area contributed by atoms with Crippen molar-refractivity contribution in [2.45, 2.75) is 45.0 Å². The highest BCUT2D eigenvalue weighted by molar-refractivity contribution is 6.08. The Morgan fingerprint density at radius 3 is 2.44 bits per heavy atom. The lowest BCUT2D eigenvalue weighted by atomic mass is 10.1. The van der Waals surface area contributed by atoms with Crippen molar-refractivity contribution < 1.29 is 22.4 Å². The first-order valence-electron chi connectivity index (χ1n) is 10.6. The van der Waals surface area contributed by atoms with Gasteiger partial charge in [-0.1, -0.05) is 12.1 Å². The molecule has 1 amide bonds. The fraction of sp³-hybridized carbons (Fsp3) is 0.500.